The molecule has 0 radical (unpaired) electrons. The van der Waals surface area contributed by atoms with Crippen molar-refractivity contribution in [2.24, 2.45) is 0 Å². The smallest absolute Gasteiger partial charge is 0.270 e. The zero-order valence-electron chi connectivity index (χ0n) is 16.1. The molecule has 0 aliphatic heterocycles. The van der Waals surface area contributed by atoms with Crippen molar-refractivity contribution in [2.75, 3.05) is 11.9 Å². The molecule has 0 fully saturated rings. The molecule has 6 heteroatoms. The number of nitrogens with one attached hydrogen (secondary N) is 1. The number of carbonyl (C=O) groups is 1. The van der Waals surface area contributed by atoms with E-state index in [9.17, 15) is 14.9 Å². The van der Waals surface area contributed by atoms with Crippen LogP contribution >= 0.6 is 0 Å². The Kier molecular flexibility index (Phi) is 8.72. The number of benzene rings is 2. The van der Waals surface area contributed by atoms with E-state index in [1.807, 2.05) is 12.1 Å². The minimum absolute atomic E-state index is 0.0119. The number of anilines is 1. The van der Waals surface area contributed by atoms with Crippen molar-refractivity contribution < 1.29 is 14.5 Å². The zero-order valence-corrected chi connectivity index (χ0v) is 16.1. The van der Waals surface area contributed by atoms with E-state index in [0.29, 0.717) is 17.9 Å². The highest BCUT2D eigenvalue weighted by atomic mass is 16.6. The van der Waals surface area contributed by atoms with E-state index in [1.54, 1.807) is 30.3 Å². The number of nitrogens with zero attached hydrogens (tertiary/aromatic N) is 1. The van der Waals surface area contributed by atoms with Crippen molar-refractivity contribution in [3.63, 3.8) is 0 Å². The second kappa shape index (κ2) is 11.5. The SMILES string of the molecule is CCCCCCCOc1cccc(NC(=O)/C=C/c2cccc([N+](=O)[O-])c2)c1. The van der Waals surface area contributed by atoms with Crippen LogP contribution in [0.1, 0.15) is 44.6 Å². The Labute approximate surface area is 165 Å². The molecule has 0 spiro atoms. The van der Waals surface area contributed by atoms with Crippen LogP contribution in [0.25, 0.3) is 6.08 Å². The molecule has 0 saturated carbocycles. The van der Waals surface area contributed by atoms with Crippen LogP contribution in [0.3, 0.4) is 0 Å². The van der Waals surface area contributed by atoms with Crippen molar-refractivity contribution in [3.05, 3.63) is 70.3 Å². The highest BCUT2D eigenvalue weighted by molar-refractivity contribution is 6.02. The minimum atomic E-state index is -0.466. The molecular formula is C22H26N2O4. The number of nitro benzene ring substituents is 1. The van der Waals surface area contributed by atoms with E-state index in [-0.39, 0.29) is 11.6 Å². The molecule has 148 valence electrons. The minimum Gasteiger partial charge on any atom is -0.494 e. The molecule has 0 saturated heterocycles. The molecule has 0 aliphatic rings. The Morgan fingerprint density at radius 1 is 1.11 bits per heavy atom. The van der Waals surface area contributed by atoms with Gasteiger partial charge in [-0.25, -0.2) is 0 Å². The topological polar surface area (TPSA) is 81.5 Å². The quantitative estimate of drug-likeness (QED) is 0.237. The molecular weight excluding hydrogens is 356 g/mol. The summed E-state index contributed by atoms with van der Waals surface area (Å²) >= 11 is 0. The fourth-order valence-corrected chi connectivity index (χ4v) is 2.66. The first-order chi connectivity index (χ1) is 13.6. The summed E-state index contributed by atoms with van der Waals surface area (Å²) in [4.78, 5) is 22.4. The summed E-state index contributed by atoms with van der Waals surface area (Å²) in [5.74, 6) is 0.402. The van der Waals surface area contributed by atoms with E-state index in [2.05, 4.69) is 12.2 Å². The fourth-order valence-electron chi connectivity index (χ4n) is 2.66. The number of hydrogen-bond acceptors (Lipinski definition) is 4. The number of rotatable bonds is 11. The molecule has 0 unspecified atom stereocenters. The van der Waals surface area contributed by atoms with Gasteiger partial charge < -0.3 is 10.1 Å². The van der Waals surface area contributed by atoms with Gasteiger partial charge in [-0.15, -0.1) is 0 Å². The van der Waals surface area contributed by atoms with Gasteiger partial charge in [0.05, 0.1) is 11.5 Å². The van der Waals surface area contributed by atoms with Crippen LogP contribution < -0.4 is 10.1 Å². The lowest BCUT2D eigenvalue weighted by atomic mass is 10.2. The lowest BCUT2D eigenvalue weighted by Crippen LogP contribution is -2.08. The summed E-state index contributed by atoms with van der Waals surface area (Å²) in [6.45, 7) is 2.85. The molecule has 0 aromatic heterocycles. The van der Waals surface area contributed by atoms with Gasteiger partial charge in [0.15, 0.2) is 0 Å². The molecule has 0 heterocycles. The van der Waals surface area contributed by atoms with Gasteiger partial charge in [0.1, 0.15) is 5.75 Å². The Morgan fingerprint density at radius 3 is 2.68 bits per heavy atom. The normalized spacial score (nSPS) is 10.8. The molecule has 2 rings (SSSR count). The Hall–Kier alpha value is -3.15. The van der Waals surface area contributed by atoms with E-state index in [0.717, 1.165) is 18.6 Å². The Bertz CT molecular complexity index is 818. The maximum atomic E-state index is 12.1. The lowest BCUT2D eigenvalue weighted by Gasteiger charge is -2.08. The second-order valence-corrected chi connectivity index (χ2v) is 6.47. The molecule has 0 aliphatic carbocycles. The molecule has 1 N–H and O–H groups in total. The van der Waals surface area contributed by atoms with E-state index in [1.165, 1.54) is 37.5 Å². The third kappa shape index (κ3) is 7.61. The van der Waals surface area contributed by atoms with Crippen LogP contribution in [0.4, 0.5) is 11.4 Å². The van der Waals surface area contributed by atoms with Gasteiger partial charge >= 0.3 is 0 Å². The van der Waals surface area contributed by atoms with Crippen molar-refractivity contribution in [3.8, 4) is 5.75 Å². The zero-order chi connectivity index (χ0) is 20.2. The summed E-state index contributed by atoms with van der Waals surface area (Å²) in [7, 11) is 0. The molecule has 2 aromatic carbocycles. The van der Waals surface area contributed by atoms with Gasteiger partial charge in [0.2, 0.25) is 5.91 Å². The molecule has 1 amide bonds. The number of ether oxygens (including phenoxy) is 1. The monoisotopic (exact) mass is 382 g/mol. The third-order valence-corrected chi connectivity index (χ3v) is 4.13. The number of non-ortho nitro benzene ring substituents is 1. The maximum absolute atomic E-state index is 12.1. The summed E-state index contributed by atoms with van der Waals surface area (Å²) in [5.41, 5.74) is 1.21. The van der Waals surface area contributed by atoms with Gasteiger partial charge in [-0.05, 0) is 30.2 Å². The number of amides is 1. The van der Waals surface area contributed by atoms with Gasteiger partial charge in [-0.1, -0.05) is 50.8 Å². The van der Waals surface area contributed by atoms with E-state index in [4.69, 9.17) is 4.74 Å². The number of unbranched alkanes of at least 4 members (excludes halogenated alkanes) is 4. The van der Waals surface area contributed by atoms with Crippen molar-refractivity contribution in [1.29, 1.82) is 0 Å². The van der Waals surface area contributed by atoms with Gasteiger partial charge in [0.25, 0.3) is 5.69 Å². The summed E-state index contributed by atoms with van der Waals surface area (Å²) < 4.78 is 5.74. The maximum Gasteiger partial charge on any atom is 0.270 e. The van der Waals surface area contributed by atoms with Gasteiger partial charge in [-0.3, -0.25) is 14.9 Å². The number of carbonyl (C=O) groups excluding carboxylic acids is 1. The van der Waals surface area contributed by atoms with Crippen LogP contribution in [0, 0.1) is 10.1 Å². The van der Waals surface area contributed by atoms with Crippen molar-refractivity contribution in [1.82, 2.24) is 0 Å². The van der Waals surface area contributed by atoms with Gasteiger partial charge in [0, 0.05) is 30.0 Å². The van der Waals surface area contributed by atoms with E-state index < -0.39 is 4.92 Å². The molecule has 2 aromatic rings. The van der Waals surface area contributed by atoms with Crippen LogP contribution in [0.15, 0.2) is 54.6 Å². The average molecular weight is 382 g/mol. The molecule has 0 atom stereocenters. The summed E-state index contributed by atoms with van der Waals surface area (Å²) in [6, 6.07) is 13.4. The Morgan fingerprint density at radius 2 is 1.89 bits per heavy atom. The molecule has 0 bridgehead atoms. The van der Waals surface area contributed by atoms with Crippen LogP contribution in [0.2, 0.25) is 0 Å². The lowest BCUT2D eigenvalue weighted by molar-refractivity contribution is -0.384. The standard InChI is InChI=1S/C22H26N2O4/c1-2-3-4-5-6-15-28-21-12-8-10-19(17-21)23-22(25)14-13-18-9-7-11-20(16-18)24(26)27/h7-14,16-17H,2-6,15H2,1H3,(H,23,25)/b14-13+. The van der Waals surface area contributed by atoms with Crippen LogP contribution in [-0.4, -0.2) is 17.4 Å². The number of hydrogen-bond donors (Lipinski definition) is 1. The highest BCUT2D eigenvalue weighted by Crippen LogP contribution is 2.18. The fraction of sp³-hybridized carbons (Fsp3) is 0.318. The Balaban J connectivity index is 1.85. The highest BCUT2D eigenvalue weighted by Gasteiger charge is 2.05. The summed E-state index contributed by atoms with van der Waals surface area (Å²) in [6.07, 6.45) is 8.77. The van der Waals surface area contributed by atoms with Crippen LogP contribution in [-0.2, 0) is 4.79 Å². The van der Waals surface area contributed by atoms with E-state index >= 15 is 0 Å². The largest absolute Gasteiger partial charge is 0.494 e. The predicted molar refractivity (Wildman–Crippen MR) is 111 cm³/mol. The third-order valence-electron chi connectivity index (χ3n) is 4.13. The predicted octanol–water partition coefficient (Wildman–Crippen LogP) is 5.60. The van der Waals surface area contributed by atoms with Crippen molar-refractivity contribution >= 4 is 23.4 Å². The van der Waals surface area contributed by atoms with Crippen molar-refractivity contribution in [2.45, 2.75) is 39.0 Å². The summed E-state index contributed by atoms with van der Waals surface area (Å²) in [5, 5.41) is 13.6. The first-order valence-electron chi connectivity index (χ1n) is 9.55. The first-order valence-corrected chi connectivity index (χ1v) is 9.55. The second-order valence-electron chi connectivity index (χ2n) is 6.47. The van der Waals surface area contributed by atoms with Crippen LogP contribution in [0.5, 0.6) is 5.75 Å². The average Bonchev–Trinajstić information content (AvgIpc) is 2.69. The van der Waals surface area contributed by atoms with Gasteiger partial charge in [-0.2, -0.15) is 0 Å². The number of nitro groups is 1. The molecule has 6 nitrogen and oxygen atoms in total. The first kappa shape index (κ1) is 21.2. The molecule has 28 heavy (non-hydrogen) atoms.